The number of hydrogen-bond donors (Lipinski definition) is 1. The maximum atomic E-state index is 13.3. The third kappa shape index (κ3) is 5.48. The van der Waals surface area contributed by atoms with Gasteiger partial charge in [0.2, 0.25) is 0 Å². The first-order valence-electron chi connectivity index (χ1n) is 12.7. The highest BCUT2D eigenvalue weighted by Crippen LogP contribution is 2.38. The number of carbonyl (C=O) groups is 1. The molecule has 8 heteroatoms. The van der Waals surface area contributed by atoms with Crippen LogP contribution in [0.15, 0.2) is 42.3 Å². The van der Waals surface area contributed by atoms with Crippen molar-refractivity contribution >= 4 is 11.4 Å². The van der Waals surface area contributed by atoms with Crippen molar-refractivity contribution in [2.75, 3.05) is 0 Å². The van der Waals surface area contributed by atoms with Crippen LogP contribution < -0.4 is 0 Å². The van der Waals surface area contributed by atoms with E-state index in [-0.39, 0.29) is 17.5 Å². The summed E-state index contributed by atoms with van der Waals surface area (Å²) in [7, 11) is 0. The minimum absolute atomic E-state index is 0.0309. The van der Waals surface area contributed by atoms with Gasteiger partial charge >= 0.3 is 6.18 Å². The number of aromatic nitrogens is 3. The number of aliphatic hydroxyl groups excluding tert-OH is 1. The highest BCUT2D eigenvalue weighted by atomic mass is 19.4. The third-order valence-corrected chi connectivity index (χ3v) is 7.38. The molecule has 4 rings (SSSR count). The molecule has 1 unspecified atom stereocenters. The minimum Gasteiger partial charge on any atom is -0.512 e. The third-order valence-electron chi connectivity index (χ3n) is 7.38. The minimum atomic E-state index is -4.39. The number of carbonyl (C=O) groups excluding carboxylic acids is 1. The maximum Gasteiger partial charge on any atom is 0.416 e. The molecule has 0 bridgehead atoms. The van der Waals surface area contributed by atoms with Gasteiger partial charge in [0.05, 0.1) is 17.3 Å². The van der Waals surface area contributed by atoms with Crippen LogP contribution in [-0.2, 0) is 30.4 Å². The van der Waals surface area contributed by atoms with E-state index in [9.17, 15) is 23.1 Å². The number of nitrogens with zero attached hydrogens (tertiary/aromatic N) is 3. The number of Topliss-reactive ketones (excluding diaryl/α,β-unsaturated/α-hetero) is 1. The molecule has 2 aromatic carbocycles. The van der Waals surface area contributed by atoms with Crippen molar-refractivity contribution in [1.29, 1.82) is 0 Å². The molecular formula is C29H32F3N3O2. The number of benzene rings is 2. The first-order chi connectivity index (χ1) is 17.5. The number of halogens is 3. The van der Waals surface area contributed by atoms with E-state index in [1.807, 2.05) is 0 Å². The molecule has 0 spiro atoms. The van der Waals surface area contributed by atoms with Crippen molar-refractivity contribution in [2.45, 2.75) is 72.5 Å². The molecule has 0 amide bonds. The fourth-order valence-electron chi connectivity index (χ4n) is 5.24. The Balaban J connectivity index is 1.48. The second kappa shape index (κ2) is 10.5. The van der Waals surface area contributed by atoms with Gasteiger partial charge < -0.3 is 5.11 Å². The van der Waals surface area contributed by atoms with Crippen LogP contribution in [0.25, 0.3) is 16.8 Å². The molecule has 3 aromatic rings. The van der Waals surface area contributed by atoms with Gasteiger partial charge in [0, 0.05) is 24.9 Å². The number of rotatable bonds is 7. The first kappa shape index (κ1) is 26.6. The fourth-order valence-corrected chi connectivity index (χ4v) is 5.24. The van der Waals surface area contributed by atoms with E-state index in [0.717, 1.165) is 41.7 Å². The Labute approximate surface area is 215 Å². The summed E-state index contributed by atoms with van der Waals surface area (Å²) < 4.78 is 40.1. The lowest BCUT2D eigenvalue weighted by Crippen LogP contribution is -2.22. The second-order valence-corrected chi connectivity index (χ2v) is 9.79. The molecule has 0 saturated heterocycles. The Hall–Kier alpha value is -3.42. The summed E-state index contributed by atoms with van der Waals surface area (Å²) in [6, 6.07) is 6.94. The molecule has 1 heterocycles. The van der Waals surface area contributed by atoms with E-state index in [1.54, 1.807) is 10.9 Å². The Bertz CT molecular complexity index is 1340. The van der Waals surface area contributed by atoms with Crippen LogP contribution in [0.5, 0.6) is 0 Å². The molecule has 0 fully saturated rings. The van der Waals surface area contributed by atoms with Crippen molar-refractivity contribution in [3.05, 3.63) is 75.7 Å². The zero-order valence-corrected chi connectivity index (χ0v) is 21.6. The molecule has 37 heavy (non-hydrogen) atoms. The molecule has 1 aromatic heterocycles. The first-order valence-corrected chi connectivity index (χ1v) is 12.7. The molecule has 0 saturated carbocycles. The maximum absolute atomic E-state index is 13.3. The van der Waals surface area contributed by atoms with Crippen LogP contribution in [0.3, 0.4) is 0 Å². The van der Waals surface area contributed by atoms with Crippen LogP contribution in [0.4, 0.5) is 13.2 Å². The van der Waals surface area contributed by atoms with Crippen molar-refractivity contribution in [3.63, 3.8) is 0 Å². The van der Waals surface area contributed by atoms with E-state index in [4.69, 9.17) is 0 Å². The molecular weight excluding hydrogens is 479 g/mol. The normalized spacial score (nSPS) is 16.5. The van der Waals surface area contributed by atoms with Gasteiger partial charge in [-0.1, -0.05) is 37.3 Å². The van der Waals surface area contributed by atoms with Crippen molar-refractivity contribution < 1.29 is 23.1 Å². The largest absolute Gasteiger partial charge is 0.512 e. The molecule has 196 valence electrons. The number of hydrogen-bond acceptors (Lipinski definition) is 4. The number of aliphatic hydroxyl groups is 1. The Morgan fingerprint density at radius 2 is 1.78 bits per heavy atom. The topological polar surface area (TPSA) is 68.0 Å². The van der Waals surface area contributed by atoms with Gasteiger partial charge in [0.15, 0.2) is 5.78 Å². The van der Waals surface area contributed by atoms with Crippen molar-refractivity contribution in [1.82, 2.24) is 15.0 Å². The average molecular weight is 512 g/mol. The number of aryl methyl sites for hydroxylation is 3. The van der Waals surface area contributed by atoms with E-state index in [0.29, 0.717) is 42.6 Å². The summed E-state index contributed by atoms with van der Waals surface area (Å²) in [5.74, 6) is 0.0834. The highest BCUT2D eigenvalue weighted by Gasteiger charge is 2.32. The van der Waals surface area contributed by atoms with E-state index in [2.05, 4.69) is 44.1 Å². The van der Waals surface area contributed by atoms with Gasteiger partial charge in [-0.3, -0.25) is 9.48 Å². The summed E-state index contributed by atoms with van der Waals surface area (Å²) >= 11 is 0. The fraction of sp³-hybridized carbons (Fsp3) is 0.414. The van der Waals surface area contributed by atoms with Gasteiger partial charge in [-0.15, -0.1) is 5.10 Å². The van der Waals surface area contributed by atoms with Crippen LogP contribution in [0.2, 0.25) is 0 Å². The number of ketones is 1. The van der Waals surface area contributed by atoms with Gasteiger partial charge in [0.25, 0.3) is 0 Å². The lowest BCUT2D eigenvalue weighted by atomic mass is 9.78. The van der Waals surface area contributed by atoms with Crippen molar-refractivity contribution in [2.24, 2.45) is 5.92 Å². The predicted molar refractivity (Wildman–Crippen MR) is 137 cm³/mol. The van der Waals surface area contributed by atoms with Crippen LogP contribution in [-0.4, -0.2) is 25.9 Å². The molecule has 1 atom stereocenters. The van der Waals surface area contributed by atoms with E-state index < -0.39 is 11.7 Å². The highest BCUT2D eigenvalue weighted by molar-refractivity contribution is 6.22. The Kier molecular flexibility index (Phi) is 7.57. The number of alkyl halides is 3. The van der Waals surface area contributed by atoms with E-state index in [1.165, 1.54) is 23.3 Å². The number of allylic oxidation sites excluding steroid dienone is 2. The Morgan fingerprint density at radius 1 is 1.08 bits per heavy atom. The summed E-state index contributed by atoms with van der Waals surface area (Å²) in [5.41, 5.74) is 6.27. The van der Waals surface area contributed by atoms with Crippen molar-refractivity contribution in [3.8, 4) is 11.3 Å². The second-order valence-electron chi connectivity index (χ2n) is 9.79. The quantitative estimate of drug-likeness (QED) is 0.369. The molecule has 5 nitrogen and oxygen atoms in total. The predicted octanol–water partition coefficient (Wildman–Crippen LogP) is 7.04. The summed E-state index contributed by atoms with van der Waals surface area (Å²) in [5, 5.41) is 19.2. The smallest absolute Gasteiger partial charge is 0.416 e. The van der Waals surface area contributed by atoms with Crippen LogP contribution in [0.1, 0.15) is 66.5 Å². The lowest BCUT2D eigenvalue weighted by molar-refractivity contribution is -0.137. The SMILES string of the molecule is CCc1cc(C)c(C)c(CC)c1C1=C(O)CC(CCn2cc(-c3ccc(C(F)(F)F)cc3)nn2)CC1=O. The standard InChI is InChI=1S/C29H32F3N3O2/c1-5-20-13-17(3)18(4)23(6-2)27(20)28-25(36)14-19(15-26(28)37)11-12-35-16-24(33-34-35)21-7-9-22(10-8-21)29(30,31)32/h7-10,13,16,19,36H,5-6,11-12,14-15H2,1-4H3. The zero-order valence-electron chi connectivity index (χ0n) is 21.6. The van der Waals surface area contributed by atoms with Gasteiger partial charge in [0.1, 0.15) is 11.5 Å². The van der Waals surface area contributed by atoms with Crippen LogP contribution in [0, 0.1) is 19.8 Å². The summed E-state index contributed by atoms with van der Waals surface area (Å²) in [6.07, 6.45) is 0.251. The average Bonchev–Trinajstić information content (AvgIpc) is 3.33. The lowest BCUT2D eigenvalue weighted by Gasteiger charge is -2.27. The molecule has 1 N–H and O–H groups in total. The Morgan fingerprint density at radius 3 is 2.38 bits per heavy atom. The molecule has 1 aliphatic rings. The summed E-state index contributed by atoms with van der Waals surface area (Å²) in [6.45, 7) is 8.78. The molecule has 1 aliphatic carbocycles. The monoisotopic (exact) mass is 511 g/mol. The van der Waals surface area contributed by atoms with Gasteiger partial charge in [-0.25, -0.2) is 0 Å². The summed E-state index contributed by atoms with van der Waals surface area (Å²) in [4.78, 5) is 13.3. The van der Waals surface area contributed by atoms with Gasteiger partial charge in [-0.2, -0.15) is 13.2 Å². The van der Waals surface area contributed by atoms with Gasteiger partial charge in [-0.05, 0) is 79.0 Å². The molecule has 0 radical (unpaired) electrons. The van der Waals surface area contributed by atoms with E-state index >= 15 is 0 Å². The molecule has 0 aliphatic heterocycles. The zero-order chi connectivity index (χ0) is 26.9. The van der Waals surface area contributed by atoms with Crippen LogP contribution >= 0.6 is 0 Å².